The van der Waals surface area contributed by atoms with E-state index in [0.717, 1.165) is 0 Å². The average molecular weight is 529 g/mol. The maximum Gasteiger partial charge on any atom is 0.333 e. The fraction of sp³-hybridized carbons (Fsp3) is 0.600. The van der Waals surface area contributed by atoms with Crippen molar-refractivity contribution in [3.63, 3.8) is 0 Å². The van der Waals surface area contributed by atoms with E-state index < -0.39 is 42.4 Å². The molecule has 0 heterocycles. The molecule has 0 bridgehead atoms. The van der Waals surface area contributed by atoms with Gasteiger partial charge in [0.2, 0.25) is 0 Å². The molecule has 0 aliphatic rings. The molecule has 1 N–H and O–H groups in total. The Balaban J connectivity index is 3.98. The first kappa shape index (κ1) is 33.5. The number of carbonyl (C=O) groups excluding carboxylic acids is 6. The highest BCUT2D eigenvalue weighted by Crippen LogP contribution is 2.06. The lowest BCUT2D eigenvalue weighted by atomic mass is 10.1. The summed E-state index contributed by atoms with van der Waals surface area (Å²) in [6.45, 7) is 8.73. The number of hydrogen-bond donors (Lipinski definition) is 1. The fourth-order valence-corrected chi connectivity index (χ4v) is 2.33. The second-order valence-electron chi connectivity index (χ2n) is 8.11. The van der Waals surface area contributed by atoms with Crippen molar-refractivity contribution in [3.8, 4) is 0 Å². The number of ketones is 1. The van der Waals surface area contributed by atoms with Crippen molar-refractivity contribution in [1.29, 1.82) is 0 Å². The molecule has 0 amide bonds. The largest absolute Gasteiger partial charge is 0.465 e. The summed E-state index contributed by atoms with van der Waals surface area (Å²) in [7, 11) is 0. The predicted octanol–water partition coefficient (Wildman–Crippen LogP) is 1.37. The molecular weight excluding hydrogens is 492 g/mol. The van der Waals surface area contributed by atoms with Crippen LogP contribution < -0.4 is 0 Å². The summed E-state index contributed by atoms with van der Waals surface area (Å²) in [6, 6.07) is 0. The molecule has 208 valence electrons. The van der Waals surface area contributed by atoms with E-state index >= 15 is 0 Å². The Labute approximate surface area is 215 Å². The van der Waals surface area contributed by atoms with Crippen LogP contribution >= 0.6 is 0 Å². The van der Waals surface area contributed by atoms with Crippen LogP contribution in [0.3, 0.4) is 0 Å². The molecule has 0 aromatic carbocycles. The topological polar surface area (TPSA) is 169 Å². The van der Waals surface area contributed by atoms with Gasteiger partial charge in [0, 0.05) is 24.0 Å². The molecule has 37 heavy (non-hydrogen) atoms. The van der Waals surface area contributed by atoms with Crippen molar-refractivity contribution in [3.05, 3.63) is 24.3 Å². The first-order valence-electron chi connectivity index (χ1n) is 11.7. The molecule has 1 atom stereocenters. The van der Waals surface area contributed by atoms with Gasteiger partial charge >= 0.3 is 29.8 Å². The van der Waals surface area contributed by atoms with Crippen LogP contribution in [0.1, 0.15) is 52.4 Å². The normalized spacial score (nSPS) is 11.0. The second kappa shape index (κ2) is 19.6. The minimum Gasteiger partial charge on any atom is -0.465 e. The summed E-state index contributed by atoms with van der Waals surface area (Å²) in [6.07, 6.45) is -0.252. The van der Waals surface area contributed by atoms with Crippen LogP contribution in [0.2, 0.25) is 0 Å². The fourth-order valence-electron chi connectivity index (χ4n) is 2.33. The van der Waals surface area contributed by atoms with Crippen molar-refractivity contribution >= 4 is 35.6 Å². The van der Waals surface area contributed by atoms with Crippen molar-refractivity contribution in [1.82, 2.24) is 0 Å². The van der Waals surface area contributed by atoms with Crippen LogP contribution in [0.15, 0.2) is 24.3 Å². The minimum absolute atomic E-state index is 0.0432. The first-order valence-corrected chi connectivity index (χ1v) is 11.7. The number of Topliss-reactive ketones (excluding diaryl/α,β-unsaturated/α-hetero) is 1. The molecule has 0 aromatic rings. The maximum atomic E-state index is 11.8. The third-order valence-electron chi connectivity index (χ3n) is 4.47. The van der Waals surface area contributed by atoms with E-state index in [0.29, 0.717) is 6.42 Å². The quantitative estimate of drug-likeness (QED) is 0.104. The van der Waals surface area contributed by atoms with Gasteiger partial charge in [0.15, 0.2) is 0 Å². The Morgan fingerprint density at radius 1 is 0.622 bits per heavy atom. The number of aliphatic hydroxyl groups is 1. The van der Waals surface area contributed by atoms with Gasteiger partial charge in [-0.25, -0.2) is 9.59 Å². The number of aliphatic hydroxyl groups excluding tert-OH is 1. The number of carbonyl (C=O) groups is 6. The maximum absolute atomic E-state index is 11.8. The smallest absolute Gasteiger partial charge is 0.333 e. The lowest BCUT2D eigenvalue weighted by Crippen LogP contribution is -2.24. The van der Waals surface area contributed by atoms with Crippen LogP contribution in [-0.2, 0) is 52.5 Å². The first-order chi connectivity index (χ1) is 17.5. The van der Waals surface area contributed by atoms with Gasteiger partial charge in [-0.05, 0) is 20.3 Å². The minimum atomic E-state index is -0.713. The Morgan fingerprint density at radius 3 is 1.54 bits per heavy atom. The summed E-state index contributed by atoms with van der Waals surface area (Å²) in [5, 5.41) is 9.38. The molecule has 0 aliphatic carbocycles. The van der Waals surface area contributed by atoms with E-state index in [4.69, 9.17) is 23.7 Å². The van der Waals surface area contributed by atoms with Crippen molar-refractivity contribution in [2.45, 2.75) is 52.4 Å². The van der Waals surface area contributed by atoms with E-state index in [9.17, 15) is 33.9 Å². The van der Waals surface area contributed by atoms with Crippen LogP contribution in [0.25, 0.3) is 0 Å². The highest BCUT2D eigenvalue weighted by atomic mass is 16.6. The highest BCUT2D eigenvalue weighted by molar-refractivity contribution is 5.87. The summed E-state index contributed by atoms with van der Waals surface area (Å²) in [5.74, 6) is -4.05. The zero-order valence-electron chi connectivity index (χ0n) is 21.4. The molecule has 0 aliphatic heterocycles. The summed E-state index contributed by atoms with van der Waals surface area (Å²) < 4.78 is 24.4. The zero-order valence-corrected chi connectivity index (χ0v) is 21.4. The van der Waals surface area contributed by atoms with Gasteiger partial charge in [0.1, 0.15) is 19.0 Å². The van der Waals surface area contributed by atoms with Gasteiger partial charge < -0.3 is 28.8 Å². The van der Waals surface area contributed by atoms with Crippen molar-refractivity contribution in [2.24, 2.45) is 5.92 Å². The number of hydrogen-bond acceptors (Lipinski definition) is 12. The van der Waals surface area contributed by atoms with Gasteiger partial charge in [-0.2, -0.15) is 0 Å². The third-order valence-corrected chi connectivity index (χ3v) is 4.47. The van der Waals surface area contributed by atoms with E-state index in [1.54, 1.807) is 0 Å². The van der Waals surface area contributed by atoms with Crippen LogP contribution in [0.4, 0.5) is 0 Å². The predicted molar refractivity (Wildman–Crippen MR) is 128 cm³/mol. The van der Waals surface area contributed by atoms with E-state index in [2.05, 4.69) is 13.2 Å². The van der Waals surface area contributed by atoms with E-state index in [-0.39, 0.29) is 82.1 Å². The number of esters is 5. The summed E-state index contributed by atoms with van der Waals surface area (Å²) >= 11 is 0. The molecular formula is C25H36O12. The molecule has 0 fully saturated rings. The van der Waals surface area contributed by atoms with Gasteiger partial charge in [0.25, 0.3) is 0 Å². The second-order valence-corrected chi connectivity index (χ2v) is 8.11. The molecule has 0 rings (SSSR count). The van der Waals surface area contributed by atoms with Gasteiger partial charge in [-0.1, -0.05) is 13.2 Å². The van der Waals surface area contributed by atoms with E-state index in [1.165, 1.54) is 13.8 Å². The molecule has 0 spiro atoms. The van der Waals surface area contributed by atoms with Gasteiger partial charge in [-0.3, -0.25) is 19.2 Å². The van der Waals surface area contributed by atoms with Crippen molar-refractivity contribution in [2.75, 3.05) is 39.6 Å². The standard InChI is InChI=1S/C25H36O12/c1-17(2)24(31)34-11-5-6-20(27)7-8-22(29)36-15-19(14-26)16-37-23(30)10-9-21(28)33-12-13-35-25(32)18(3)4/h19,26H,1,3,5-16H2,2,4H3. The zero-order chi connectivity index (χ0) is 28.2. The van der Waals surface area contributed by atoms with Gasteiger partial charge in [0.05, 0.1) is 51.6 Å². The molecule has 0 radical (unpaired) electrons. The number of ether oxygens (including phenoxy) is 5. The third kappa shape index (κ3) is 18.4. The lowest BCUT2D eigenvalue weighted by molar-refractivity contribution is -0.154. The Morgan fingerprint density at radius 2 is 1.05 bits per heavy atom. The van der Waals surface area contributed by atoms with Crippen LogP contribution in [0, 0.1) is 5.92 Å². The number of rotatable bonds is 20. The summed E-state index contributed by atoms with van der Waals surface area (Å²) in [4.78, 5) is 69.4. The molecule has 12 heteroatoms. The Kier molecular flexibility index (Phi) is 17.7. The van der Waals surface area contributed by atoms with Crippen molar-refractivity contribution < 1.29 is 57.6 Å². The van der Waals surface area contributed by atoms with Crippen LogP contribution in [0.5, 0.6) is 0 Å². The monoisotopic (exact) mass is 528 g/mol. The Bertz CT molecular complexity index is 764. The molecule has 12 nitrogen and oxygen atoms in total. The summed E-state index contributed by atoms with van der Waals surface area (Å²) in [5.41, 5.74) is 0.481. The SMILES string of the molecule is C=C(C)C(=O)OCCCC(=O)CCC(=O)OCC(CO)COC(=O)CCC(=O)OCCOC(=O)C(=C)C. The van der Waals surface area contributed by atoms with Crippen LogP contribution in [-0.4, -0.2) is 80.4 Å². The lowest BCUT2D eigenvalue weighted by Gasteiger charge is -2.14. The Hall–Kier alpha value is -3.54. The highest BCUT2D eigenvalue weighted by Gasteiger charge is 2.16. The molecule has 1 unspecified atom stereocenters. The average Bonchev–Trinajstić information content (AvgIpc) is 2.86. The van der Waals surface area contributed by atoms with Gasteiger partial charge in [-0.15, -0.1) is 0 Å². The van der Waals surface area contributed by atoms with E-state index in [1.807, 2.05) is 0 Å². The molecule has 0 saturated heterocycles. The molecule has 0 saturated carbocycles. The molecule has 0 aromatic heterocycles.